The fraction of sp³-hybridized carbons (Fsp3) is 0. The maximum absolute atomic E-state index is 2.51. The molecule has 20 aromatic rings. The Morgan fingerprint density at radius 1 is 0.130 bits per heavy atom. The van der Waals surface area contributed by atoms with Gasteiger partial charge in [0.1, 0.15) is 0 Å². The maximum atomic E-state index is 2.51. The summed E-state index contributed by atoms with van der Waals surface area (Å²) in [4.78, 5) is 0. The third kappa shape index (κ3) is 9.92. The third-order valence-corrected chi connectivity index (χ3v) is 20.2. The van der Waals surface area contributed by atoms with Crippen molar-refractivity contribution < 1.29 is 0 Å². The first-order valence-electron chi connectivity index (χ1n) is 34.4. The molecule has 0 aliphatic rings. The summed E-state index contributed by atoms with van der Waals surface area (Å²) in [5.74, 6) is 0. The smallest absolute Gasteiger partial charge is 0.0641 e. The maximum Gasteiger partial charge on any atom is 0.0641 e. The van der Waals surface area contributed by atoms with Gasteiger partial charge in [-0.1, -0.05) is 291 Å². The minimum Gasteiger partial charge on any atom is -0.309 e. The van der Waals surface area contributed by atoms with Crippen LogP contribution < -0.4 is 0 Å². The van der Waals surface area contributed by atoms with Crippen LogP contribution in [0.15, 0.2) is 388 Å². The van der Waals surface area contributed by atoms with Crippen LogP contribution in [-0.2, 0) is 0 Å². The molecule has 0 bridgehead atoms. The van der Waals surface area contributed by atoms with Crippen molar-refractivity contribution in [2.45, 2.75) is 0 Å². The van der Waals surface area contributed by atoms with E-state index >= 15 is 0 Å². The Kier molecular flexibility index (Phi) is 14.2. The summed E-state index contributed by atoms with van der Waals surface area (Å²) in [6, 6.07) is 141. The molecule has 20 rings (SSSR count). The predicted molar refractivity (Wildman–Crippen MR) is 423 cm³/mol. The lowest BCUT2D eigenvalue weighted by Gasteiger charge is -2.13. The Morgan fingerprint density at radius 3 is 0.940 bits per heavy atom. The molecule has 100 heavy (non-hydrogen) atoms. The topological polar surface area (TPSA) is 19.7 Å². The summed E-state index contributed by atoms with van der Waals surface area (Å²) < 4.78 is 9.80. The monoisotopic (exact) mass is 1270 g/mol. The SMILES string of the molecule is c1ccc(-c2ccc(-c3ccc(-n4c5ccc(-c6ccccc6)cc5c5ccc6c(c7ccccc7n6-c6ccccc6)c54)cc3)cc2)cc1.c1ccc(-c2cccc(-c3cccc(-n4c5cc(-c6ccccc6)ccc5c5ccc6c(c7ccccc7n6-c6ccccc6)c54)c3)c2)cc1. The number of hydrogen-bond acceptors (Lipinski definition) is 0. The molecule has 4 heteroatoms. The normalized spacial score (nSPS) is 11.6. The first kappa shape index (κ1) is 58.1. The van der Waals surface area contributed by atoms with Crippen LogP contribution in [0.25, 0.3) is 177 Å². The van der Waals surface area contributed by atoms with E-state index in [4.69, 9.17) is 0 Å². The second kappa shape index (κ2) is 24.4. The molecule has 0 N–H and O–H groups in total. The molecule has 0 amide bonds. The van der Waals surface area contributed by atoms with Crippen molar-refractivity contribution in [1.82, 2.24) is 18.3 Å². The van der Waals surface area contributed by atoms with Gasteiger partial charge in [0.2, 0.25) is 0 Å². The standard InChI is InChI=1S/2C48H32N2/c1-4-14-33(15-5-1)35-18-12-19-36(30-35)37-20-13-23-40(31-37)50-46-32-38(34-16-6-2-7-17-34)26-27-41(46)42-28-29-45-47(48(42)50)43-24-10-11-25-44(43)49(45)39-21-8-3-9-22-39;1-4-12-33(13-5-1)35-20-22-36(23-21-35)37-24-27-40(28-25-37)50-45-30-26-38(34-14-6-2-7-15-34)32-43(45)41-29-31-46-47(48(41)50)42-18-10-11-19-44(42)49(46)39-16-8-3-9-17-39/h2*1-32H. The second-order valence-electron chi connectivity index (χ2n) is 25.9. The Hall–Kier alpha value is -13.3. The average Bonchev–Trinajstić information content (AvgIpc) is 1.55. The number of fused-ring (bicyclic) bond motifs is 14. The first-order chi connectivity index (χ1) is 49.6. The molecule has 0 spiro atoms. The summed E-state index contributed by atoms with van der Waals surface area (Å²) in [6.45, 7) is 0. The molecule has 0 atom stereocenters. The molecule has 0 saturated carbocycles. The summed E-state index contributed by atoms with van der Waals surface area (Å²) in [5.41, 5.74) is 28.8. The predicted octanol–water partition coefficient (Wildman–Crippen LogP) is 25.8. The van der Waals surface area contributed by atoms with Gasteiger partial charge in [0, 0.05) is 65.8 Å². The fourth-order valence-corrected chi connectivity index (χ4v) is 15.6. The van der Waals surface area contributed by atoms with Gasteiger partial charge in [0.15, 0.2) is 0 Å². The number of rotatable bonds is 10. The molecular formula is C96H64N4. The van der Waals surface area contributed by atoms with E-state index in [0.29, 0.717) is 0 Å². The summed E-state index contributed by atoms with van der Waals surface area (Å²) >= 11 is 0. The Morgan fingerprint density at radius 2 is 0.430 bits per heavy atom. The van der Waals surface area contributed by atoms with Gasteiger partial charge in [0.25, 0.3) is 0 Å². The van der Waals surface area contributed by atoms with E-state index in [1.165, 1.54) is 154 Å². The summed E-state index contributed by atoms with van der Waals surface area (Å²) in [6.07, 6.45) is 0. The van der Waals surface area contributed by atoms with Crippen LogP contribution in [0.4, 0.5) is 0 Å². The van der Waals surface area contributed by atoms with Crippen molar-refractivity contribution in [2.75, 3.05) is 0 Å². The van der Waals surface area contributed by atoms with Gasteiger partial charge in [-0.05, 0) is 164 Å². The zero-order valence-electron chi connectivity index (χ0n) is 54.7. The van der Waals surface area contributed by atoms with Crippen molar-refractivity contribution in [1.29, 1.82) is 0 Å². The molecule has 16 aromatic carbocycles. The molecule has 0 saturated heterocycles. The van der Waals surface area contributed by atoms with E-state index in [1.54, 1.807) is 0 Å². The van der Waals surface area contributed by atoms with Gasteiger partial charge >= 0.3 is 0 Å². The number of aromatic nitrogens is 4. The first-order valence-corrected chi connectivity index (χ1v) is 34.4. The van der Waals surface area contributed by atoms with E-state index < -0.39 is 0 Å². The highest BCUT2D eigenvalue weighted by Gasteiger charge is 2.24. The van der Waals surface area contributed by atoms with Crippen LogP contribution in [0, 0.1) is 0 Å². The molecule has 0 radical (unpaired) electrons. The van der Waals surface area contributed by atoms with Crippen LogP contribution in [0.5, 0.6) is 0 Å². The molecule has 0 fully saturated rings. The Balaban J connectivity index is 0.000000139. The molecule has 0 aliphatic carbocycles. The van der Waals surface area contributed by atoms with E-state index in [-0.39, 0.29) is 0 Å². The minimum absolute atomic E-state index is 1.14. The van der Waals surface area contributed by atoms with Crippen molar-refractivity contribution in [3.05, 3.63) is 388 Å². The van der Waals surface area contributed by atoms with E-state index in [1.807, 2.05) is 0 Å². The zero-order chi connectivity index (χ0) is 66.0. The molecule has 4 nitrogen and oxygen atoms in total. The Labute approximate surface area is 579 Å². The van der Waals surface area contributed by atoms with E-state index in [2.05, 4.69) is 407 Å². The van der Waals surface area contributed by atoms with Gasteiger partial charge in [-0.2, -0.15) is 0 Å². The van der Waals surface area contributed by atoms with Gasteiger partial charge in [-0.25, -0.2) is 0 Å². The lowest BCUT2D eigenvalue weighted by atomic mass is 9.99. The van der Waals surface area contributed by atoms with Crippen LogP contribution in [0.1, 0.15) is 0 Å². The van der Waals surface area contributed by atoms with Crippen molar-refractivity contribution in [3.63, 3.8) is 0 Å². The largest absolute Gasteiger partial charge is 0.309 e. The fourth-order valence-electron chi connectivity index (χ4n) is 15.6. The highest BCUT2D eigenvalue weighted by molar-refractivity contribution is 6.28. The molecule has 4 aromatic heterocycles. The van der Waals surface area contributed by atoms with Crippen LogP contribution in [0.2, 0.25) is 0 Å². The molecule has 468 valence electrons. The van der Waals surface area contributed by atoms with Crippen molar-refractivity contribution >= 4 is 87.2 Å². The quantitative estimate of drug-likeness (QED) is 0.130. The number of para-hydroxylation sites is 4. The number of hydrogen-bond donors (Lipinski definition) is 0. The van der Waals surface area contributed by atoms with E-state index in [0.717, 1.165) is 22.7 Å². The molecule has 4 heterocycles. The molecule has 0 aliphatic heterocycles. The van der Waals surface area contributed by atoms with Crippen molar-refractivity contribution in [3.8, 4) is 89.5 Å². The molecular weight excluding hydrogens is 1210 g/mol. The van der Waals surface area contributed by atoms with Crippen LogP contribution in [-0.4, -0.2) is 18.3 Å². The molecule has 0 unspecified atom stereocenters. The summed E-state index contributed by atoms with van der Waals surface area (Å²) in [5, 5.41) is 10.0. The lowest BCUT2D eigenvalue weighted by molar-refractivity contribution is 1.17. The zero-order valence-corrected chi connectivity index (χ0v) is 54.7. The van der Waals surface area contributed by atoms with Gasteiger partial charge < -0.3 is 18.3 Å². The van der Waals surface area contributed by atoms with Gasteiger partial charge in [-0.15, -0.1) is 0 Å². The highest BCUT2D eigenvalue weighted by Crippen LogP contribution is 2.46. The van der Waals surface area contributed by atoms with Gasteiger partial charge in [0.05, 0.1) is 44.1 Å². The summed E-state index contributed by atoms with van der Waals surface area (Å²) in [7, 11) is 0. The van der Waals surface area contributed by atoms with Gasteiger partial charge in [-0.3, -0.25) is 0 Å². The number of benzene rings is 16. The second-order valence-corrected chi connectivity index (χ2v) is 25.9. The van der Waals surface area contributed by atoms with Crippen molar-refractivity contribution in [2.24, 2.45) is 0 Å². The third-order valence-electron chi connectivity index (χ3n) is 20.2. The average molecular weight is 1270 g/mol. The van der Waals surface area contributed by atoms with Crippen LogP contribution in [0.3, 0.4) is 0 Å². The lowest BCUT2D eigenvalue weighted by Crippen LogP contribution is -1.96. The number of nitrogens with zero attached hydrogens (tertiary/aromatic N) is 4. The Bertz CT molecular complexity index is 6440. The van der Waals surface area contributed by atoms with Crippen LogP contribution >= 0.6 is 0 Å². The minimum atomic E-state index is 1.14. The van der Waals surface area contributed by atoms with E-state index in [9.17, 15) is 0 Å². The highest BCUT2D eigenvalue weighted by atomic mass is 15.0.